The van der Waals surface area contributed by atoms with E-state index >= 15 is 0 Å². The van der Waals surface area contributed by atoms with Crippen LogP contribution in [0, 0.1) is 17.7 Å². The van der Waals surface area contributed by atoms with Crippen molar-refractivity contribution in [2.45, 2.75) is 13.0 Å². The number of piperidine rings is 1. The van der Waals surface area contributed by atoms with Gasteiger partial charge in [-0.15, -0.1) is 0 Å². The van der Waals surface area contributed by atoms with Crippen molar-refractivity contribution in [3.63, 3.8) is 0 Å². The van der Waals surface area contributed by atoms with Crippen molar-refractivity contribution >= 4 is 16.7 Å². The van der Waals surface area contributed by atoms with Crippen LogP contribution >= 0.6 is 0 Å². The van der Waals surface area contributed by atoms with Gasteiger partial charge in [0, 0.05) is 31.5 Å². The molecule has 5 heterocycles. The molecule has 0 spiro atoms. The molecule has 0 bridgehead atoms. The summed E-state index contributed by atoms with van der Waals surface area (Å²) >= 11 is 0. The minimum atomic E-state index is -0.228. The molecule has 152 valence electrons. The number of nitrogens with zero attached hydrogens (tertiary/aromatic N) is 7. The van der Waals surface area contributed by atoms with E-state index < -0.39 is 0 Å². The summed E-state index contributed by atoms with van der Waals surface area (Å²) in [5.74, 6) is 2.68. The van der Waals surface area contributed by atoms with E-state index in [1.165, 1.54) is 42.0 Å². The molecule has 1 aliphatic carbocycles. The Morgan fingerprint density at radius 2 is 2.00 bits per heavy atom. The van der Waals surface area contributed by atoms with Crippen LogP contribution in [0.2, 0.25) is 0 Å². The van der Waals surface area contributed by atoms with Gasteiger partial charge < -0.3 is 9.42 Å². The maximum absolute atomic E-state index is 12.9. The van der Waals surface area contributed by atoms with E-state index in [1.807, 2.05) is 0 Å². The lowest BCUT2D eigenvalue weighted by Crippen LogP contribution is -2.23. The number of aromatic nitrogens is 6. The van der Waals surface area contributed by atoms with E-state index in [0.717, 1.165) is 30.7 Å². The number of fused-ring (bicyclic) bond motifs is 2. The first-order valence-corrected chi connectivity index (χ1v) is 9.60. The minimum absolute atomic E-state index is 0.156. The number of rotatable bonds is 3. The van der Waals surface area contributed by atoms with Crippen LogP contribution in [-0.2, 0) is 6.54 Å². The van der Waals surface area contributed by atoms with Crippen molar-refractivity contribution in [3.8, 4) is 0 Å². The molecule has 6 rings (SSSR count). The molecule has 0 radical (unpaired) electrons. The Hall–Kier alpha value is -3.69. The summed E-state index contributed by atoms with van der Waals surface area (Å²) < 4.78 is 19.0. The normalized spacial score (nSPS) is 19.3. The van der Waals surface area contributed by atoms with E-state index in [9.17, 15) is 9.18 Å². The van der Waals surface area contributed by atoms with Crippen molar-refractivity contribution in [3.05, 3.63) is 71.2 Å². The van der Waals surface area contributed by atoms with Crippen molar-refractivity contribution < 1.29 is 8.91 Å². The zero-order chi connectivity index (χ0) is 20.5. The molecule has 2 atom stereocenters. The lowest BCUT2D eigenvalue weighted by molar-refractivity contribution is 0.362. The van der Waals surface area contributed by atoms with E-state index in [0.29, 0.717) is 16.8 Å². The predicted molar refractivity (Wildman–Crippen MR) is 105 cm³/mol. The monoisotopic (exact) mass is 407 g/mol. The molecular weight excluding hydrogens is 389 g/mol. The van der Waals surface area contributed by atoms with Crippen molar-refractivity contribution in [2.75, 3.05) is 18.0 Å². The third kappa shape index (κ3) is 3.76. The van der Waals surface area contributed by atoms with E-state index in [1.54, 1.807) is 18.3 Å². The summed E-state index contributed by atoms with van der Waals surface area (Å²) in [6, 6.07) is 6.32. The van der Waals surface area contributed by atoms with Gasteiger partial charge in [0.25, 0.3) is 5.56 Å². The zero-order valence-electron chi connectivity index (χ0n) is 15.9. The largest absolute Gasteiger partial charge is 0.356 e. The van der Waals surface area contributed by atoms with Crippen LogP contribution in [0.25, 0.3) is 10.9 Å². The highest BCUT2D eigenvalue weighted by Gasteiger charge is 2.45. The first-order valence-electron chi connectivity index (χ1n) is 9.60. The highest BCUT2D eigenvalue weighted by molar-refractivity contribution is 5.75. The molecule has 1 saturated carbocycles. The molecule has 0 unspecified atom stereocenters. The highest BCUT2D eigenvalue weighted by atomic mass is 19.1. The van der Waals surface area contributed by atoms with Gasteiger partial charge in [-0.25, -0.2) is 14.1 Å². The Balaban J connectivity index is 0.000000133. The zero-order valence-corrected chi connectivity index (χ0v) is 15.9. The van der Waals surface area contributed by atoms with Crippen LogP contribution < -0.4 is 10.5 Å². The van der Waals surface area contributed by atoms with Gasteiger partial charge in [-0.2, -0.15) is 10.1 Å². The molecule has 4 aromatic rings. The van der Waals surface area contributed by atoms with Gasteiger partial charge in [0.05, 0.1) is 17.1 Å². The standard InChI is InChI=1S/C10H11FN2.C10H7N5O2/c11-9-1-2-12-10(4-9)13-5-7-3-8(7)6-13;16-10-7-2-1-3-11-8(7)4-13-15(10)5-9-12-6-14-17-9/h1-2,4,7-8H,3,5-6H2;1-4,6H,5H2/t7-,8+;. The van der Waals surface area contributed by atoms with Crippen LogP contribution in [0.5, 0.6) is 0 Å². The summed E-state index contributed by atoms with van der Waals surface area (Å²) in [4.78, 5) is 26.3. The topological polar surface area (TPSA) is 103 Å². The van der Waals surface area contributed by atoms with E-state index in [2.05, 4.69) is 30.1 Å². The number of pyridine rings is 2. The average Bonchev–Trinajstić information content (AvgIpc) is 3.14. The molecule has 0 aromatic carbocycles. The van der Waals surface area contributed by atoms with Gasteiger partial charge >= 0.3 is 0 Å². The summed E-state index contributed by atoms with van der Waals surface area (Å²) in [7, 11) is 0. The Bertz CT molecular complexity index is 1220. The predicted octanol–water partition coefficient (Wildman–Crippen LogP) is 1.90. The van der Waals surface area contributed by atoms with Crippen LogP contribution in [0.4, 0.5) is 10.2 Å². The molecule has 10 heteroatoms. The molecular formula is C20H18FN7O2. The maximum atomic E-state index is 12.9. The van der Waals surface area contributed by atoms with Gasteiger partial charge in [-0.05, 0) is 36.5 Å². The average molecular weight is 407 g/mol. The Morgan fingerprint density at radius 1 is 1.13 bits per heavy atom. The second kappa shape index (κ2) is 7.62. The molecule has 1 saturated heterocycles. The first kappa shape index (κ1) is 18.3. The molecule has 0 N–H and O–H groups in total. The summed E-state index contributed by atoms with van der Waals surface area (Å²) in [6.07, 6.45) is 7.34. The fraction of sp³-hybridized carbons (Fsp3) is 0.300. The van der Waals surface area contributed by atoms with Gasteiger partial charge in [-0.3, -0.25) is 9.78 Å². The lowest BCUT2D eigenvalue weighted by atomic mass is 10.3. The number of hydrogen-bond donors (Lipinski definition) is 0. The molecule has 0 amide bonds. The van der Waals surface area contributed by atoms with Gasteiger partial charge in [0.1, 0.15) is 18.2 Å². The molecule has 4 aromatic heterocycles. The molecule has 2 fully saturated rings. The molecule has 30 heavy (non-hydrogen) atoms. The van der Waals surface area contributed by atoms with Crippen molar-refractivity contribution in [1.29, 1.82) is 0 Å². The Labute approximate surface area is 170 Å². The summed E-state index contributed by atoms with van der Waals surface area (Å²) in [5, 5.41) is 7.98. The first-order chi connectivity index (χ1) is 14.7. The van der Waals surface area contributed by atoms with Crippen molar-refractivity contribution in [2.24, 2.45) is 11.8 Å². The van der Waals surface area contributed by atoms with Crippen LogP contribution in [0.3, 0.4) is 0 Å². The Morgan fingerprint density at radius 3 is 2.77 bits per heavy atom. The smallest absolute Gasteiger partial charge is 0.276 e. The maximum Gasteiger partial charge on any atom is 0.276 e. The summed E-state index contributed by atoms with van der Waals surface area (Å²) in [5.41, 5.74) is 0.341. The second-order valence-corrected chi connectivity index (χ2v) is 7.37. The Kier molecular flexibility index (Phi) is 4.66. The molecule has 2 aliphatic rings. The van der Waals surface area contributed by atoms with Gasteiger partial charge in [-0.1, -0.05) is 5.16 Å². The lowest BCUT2D eigenvalue weighted by Gasteiger charge is -2.18. The van der Waals surface area contributed by atoms with Gasteiger partial charge in [0.15, 0.2) is 6.33 Å². The molecule has 1 aliphatic heterocycles. The van der Waals surface area contributed by atoms with Crippen LogP contribution in [0.15, 0.2) is 58.5 Å². The van der Waals surface area contributed by atoms with Crippen LogP contribution in [-0.4, -0.2) is 43.0 Å². The fourth-order valence-electron chi connectivity index (χ4n) is 3.68. The third-order valence-corrected chi connectivity index (χ3v) is 5.33. The number of halogens is 1. The quantitative estimate of drug-likeness (QED) is 0.507. The van der Waals surface area contributed by atoms with E-state index in [-0.39, 0.29) is 17.9 Å². The number of anilines is 1. The van der Waals surface area contributed by atoms with Crippen molar-refractivity contribution in [1.82, 2.24) is 29.9 Å². The second-order valence-electron chi connectivity index (χ2n) is 7.37. The SMILES string of the molecule is Fc1ccnc(N2C[C@H]3C[C@H]3C2)c1.O=c1c2cccnc2cnn1Cc1ncno1. The summed E-state index contributed by atoms with van der Waals surface area (Å²) in [6.45, 7) is 2.30. The van der Waals surface area contributed by atoms with Gasteiger partial charge in [0.2, 0.25) is 5.89 Å². The van der Waals surface area contributed by atoms with E-state index in [4.69, 9.17) is 4.52 Å². The highest BCUT2D eigenvalue weighted by Crippen LogP contribution is 2.45. The minimum Gasteiger partial charge on any atom is -0.356 e. The molecule has 9 nitrogen and oxygen atoms in total. The fourth-order valence-corrected chi connectivity index (χ4v) is 3.68. The third-order valence-electron chi connectivity index (χ3n) is 5.33. The van der Waals surface area contributed by atoms with Crippen LogP contribution in [0.1, 0.15) is 12.3 Å². The number of hydrogen-bond acceptors (Lipinski definition) is 8.